The number of hydrogen-bond acceptors (Lipinski definition) is 5. The molecule has 1 aliphatic heterocycles. The lowest BCUT2D eigenvalue weighted by atomic mass is 10.2. The van der Waals surface area contributed by atoms with Crippen molar-refractivity contribution < 1.29 is 26.3 Å². The Kier molecular flexibility index (Phi) is 5.77. The second kappa shape index (κ2) is 8.26. The van der Waals surface area contributed by atoms with Gasteiger partial charge in [0.15, 0.2) is 23.1 Å². The van der Waals surface area contributed by atoms with Crippen LogP contribution in [-0.2, 0) is 17.3 Å². The van der Waals surface area contributed by atoms with Crippen LogP contribution in [0.3, 0.4) is 0 Å². The van der Waals surface area contributed by atoms with Gasteiger partial charge in [-0.25, -0.2) is 18.2 Å². The maximum absolute atomic E-state index is 15.0. The van der Waals surface area contributed by atoms with Gasteiger partial charge >= 0.3 is 10.2 Å². The normalized spacial score (nSPS) is 17.1. The van der Waals surface area contributed by atoms with Gasteiger partial charge in [-0.1, -0.05) is 11.6 Å². The van der Waals surface area contributed by atoms with Crippen molar-refractivity contribution in [2.45, 2.75) is 12.6 Å². The van der Waals surface area contributed by atoms with Gasteiger partial charge in [-0.2, -0.15) is 12.7 Å². The number of anilines is 1. The van der Waals surface area contributed by atoms with Crippen LogP contribution in [0.25, 0.3) is 10.9 Å². The first-order valence-corrected chi connectivity index (χ1v) is 11.1. The highest BCUT2D eigenvalue weighted by molar-refractivity contribution is 7.90. The number of nitrogens with zero attached hydrogens (tertiary/aromatic N) is 3. The van der Waals surface area contributed by atoms with E-state index in [2.05, 4.69) is 9.71 Å². The fourth-order valence-electron chi connectivity index (χ4n) is 3.24. The van der Waals surface area contributed by atoms with E-state index in [1.807, 2.05) is 0 Å². The Morgan fingerprint density at radius 2 is 2.00 bits per heavy atom. The lowest BCUT2D eigenvalue weighted by molar-refractivity contribution is 0.343. The lowest BCUT2D eigenvalue weighted by Crippen LogP contribution is -2.34. The van der Waals surface area contributed by atoms with E-state index in [0.717, 1.165) is 27.1 Å². The number of ether oxygens (including phenoxy) is 1. The van der Waals surface area contributed by atoms with Gasteiger partial charge in [0.1, 0.15) is 16.6 Å². The van der Waals surface area contributed by atoms with Crippen LogP contribution in [0.5, 0.6) is 11.5 Å². The van der Waals surface area contributed by atoms with Crippen LogP contribution >= 0.6 is 11.6 Å². The quantitative estimate of drug-likeness (QED) is 0.594. The summed E-state index contributed by atoms with van der Waals surface area (Å²) in [7, 11) is -2.78. The molecule has 0 amide bonds. The summed E-state index contributed by atoms with van der Waals surface area (Å²) in [6.07, 6.45) is -0.00300. The highest BCUT2D eigenvalue weighted by Gasteiger charge is 2.32. The van der Waals surface area contributed by atoms with Gasteiger partial charge < -0.3 is 9.30 Å². The molecule has 0 spiro atoms. The SMILES string of the molecule is Cn1cnc2ccc(Oc3c(F)ccc(NS(=O)(=O)N4CCC(F)C4)c3Cl)c(F)c2c1=O. The van der Waals surface area contributed by atoms with E-state index in [4.69, 9.17) is 16.3 Å². The van der Waals surface area contributed by atoms with E-state index < -0.39 is 50.1 Å². The second-order valence-corrected chi connectivity index (χ2v) is 9.17. The Balaban J connectivity index is 1.70. The Hall–Kier alpha value is -2.83. The molecule has 32 heavy (non-hydrogen) atoms. The summed E-state index contributed by atoms with van der Waals surface area (Å²) < 4.78 is 77.2. The van der Waals surface area contributed by atoms with Crippen molar-refractivity contribution in [3.05, 3.63) is 57.6 Å². The first kappa shape index (κ1) is 22.4. The van der Waals surface area contributed by atoms with Gasteiger partial charge in [0.25, 0.3) is 5.56 Å². The summed E-state index contributed by atoms with van der Waals surface area (Å²) in [4.78, 5) is 16.2. The van der Waals surface area contributed by atoms with Crippen molar-refractivity contribution in [3.63, 3.8) is 0 Å². The number of aryl methyl sites for hydroxylation is 1. The summed E-state index contributed by atoms with van der Waals surface area (Å²) in [6, 6.07) is 4.39. The number of aromatic nitrogens is 2. The Morgan fingerprint density at radius 1 is 1.25 bits per heavy atom. The van der Waals surface area contributed by atoms with Gasteiger partial charge in [0.05, 0.1) is 17.5 Å². The molecule has 1 atom stereocenters. The average molecular weight is 489 g/mol. The number of alkyl halides is 1. The van der Waals surface area contributed by atoms with Crippen LogP contribution in [0.1, 0.15) is 6.42 Å². The third kappa shape index (κ3) is 4.00. The minimum absolute atomic E-state index is 0.0238. The molecule has 1 aliphatic rings. The summed E-state index contributed by atoms with van der Waals surface area (Å²) in [5, 5.41) is -0.848. The molecule has 1 fully saturated rings. The first-order valence-electron chi connectivity index (χ1n) is 9.30. The van der Waals surface area contributed by atoms with E-state index in [0.29, 0.717) is 0 Å². The summed E-state index contributed by atoms with van der Waals surface area (Å²) >= 11 is 6.15. The minimum atomic E-state index is -4.16. The Labute approximate surface area is 185 Å². The zero-order valence-corrected chi connectivity index (χ0v) is 18.1. The predicted molar refractivity (Wildman–Crippen MR) is 112 cm³/mol. The monoisotopic (exact) mass is 488 g/mol. The number of rotatable bonds is 5. The van der Waals surface area contributed by atoms with Crippen LogP contribution in [0.15, 0.2) is 35.4 Å². The topological polar surface area (TPSA) is 93.5 Å². The van der Waals surface area contributed by atoms with Crippen molar-refractivity contribution in [3.8, 4) is 11.5 Å². The third-order valence-electron chi connectivity index (χ3n) is 4.92. The van der Waals surface area contributed by atoms with Crippen LogP contribution in [0, 0.1) is 11.6 Å². The van der Waals surface area contributed by atoms with Crippen molar-refractivity contribution in [2.24, 2.45) is 7.05 Å². The fraction of sp³-hybridized carbons (Fsp3) is 0.263. The molecule has 2 heterocycles. The number of nitrogens with one attached hydrogen (secondary N) is 1. The van der Waals surface area contributed by atoms with Crippen LogP contribution in [-0.4, -0.2) is 41.5 Å². The summed E-state index contributed by atoms with van der Waals surface area (Å²) in [5.74, 6) is -3.25. The number of fused-ring (bicyclic) bond motifs is 1. The number of benzene rings is 2. The Bertz CT molecular complexity index is 1380. The Morgan fingerprint density at radius 3 is 2.69 bits per heavy atom. The molecular weight excluding hydrogens is 473 g/mol. The number of halogens is 4. The zero-order valence-electron chi connectivity index (χ0n) is 16.5. The maximum atomic E-state index is 15.0. The van der Waals surface area contributed by atoms with Gasteiger partial charge in [0.2, 0.25) is 0 Å². The van der Waals surface area contributed by atoms with E-state index in [1.165, 1.54) is 19.4 Å². The molecule has 0 saturated carbocycles. The molecule has 0 aliphatic carbocycles. The standard InChI is InChI=1S/C19H16ClF3N4O4S/c1-26-9-24-12-4-5-14(17(23)15(12)19(26)28)31-18-11(22)2-3-13(16(18)20)25-32(29,30)27-7-6-10(21)8-27/h2-5,9-10,25H,6-8H2,1H3. The molecule has 0 bridgehead atoms. The van der Waals surface area contributed by atoms with Crippen molar-refractivity contribution in [2.75, 3.05) is 17.8 Å². The van der Waals surface area contributed by atoms with Crippen molar-refractivity contribution in [1.29, 1.82) is 0 Å². The molecule has 1 aromatic heterocycles. The first-order chi connectivity index (χ1) is 15.1. The summed E-state index contributed by atoms with van der Waals surface area (Å²) in [6.45, 7) is -0.341. The van der Waals surface area contributed by atoms with Gasteiger partial charge in [-0.3, -0.25) is 9.52 Å². The molecule has 4 rings (SSSR count). The molecule has 170 valence electrons. The van der Waals surface area contributed by atoms with E-state index >= 15 is 0 Å². The smallest absolute Gasteiger partial charge is 0.301 e. The maximum Gasteiger partial charge on any atom is 0.301 e. The molecule has 3 aromatic rings. The van der Waals surface area contributed by atoms with Gasteiger partial charge in [0, 0.05) is 20.1 Å². The van der Waals surface area contributed by atoms with Crippen molar-refractivity contribution >= 4 is 38.4 Å². The molecule has 1 N–H and O–H groups in total. The van der Waals surface area contributed by atoms with Crippen LogP contribution < -0.4 is 15.0 Å². The number of hydrogen-bond donors (Lipinski definition) is 1. The van der Waals surface area contributed by atoms with E-state index in [-0.39, 0.29) is 36.1 Å². The second-order valence-electron chi connectivity index (χ2n) is 7.12. The molecule has 1 unspecified atom stereocenters. The predicted octanol–water partition coefficient (Wildman–Crippen LogP) is 3.36. The molecular formula is C19H16ClF3N4O4S. The lowest BCUT2D eigenvalue weighted by Gasteiger charge is -2.19. The van der Waals surface area contributed by atoms with Crippen LogP contribution in [0.4, 0.5) is 18.9 Å². The molecule has 0 radical (unpaired) electrons. The van der Waals surface area contributed by atoms with Gasteiger partial charge in [-0.15, -0.1) is 0 Å². The van der Waals surface area contributed by atoms with Crippen LogP contribution in [0.2, 0.25) is 5.02 Å². The molecule has 1 saturated heterocycles. The molecule has 13 heteroatoms. The van der Waals surface area contributed by atoms with Gasteiger partial charge in [-0.05, 0) is 30.7 Å². The molecule has 2 aromatic carbocycles. The highest BCUT2D eigenvalue weighted by atomic mass is 35.5. The fourth-order valence-corrected chi connectivity index (χ4v) is 4.81. The van der Waals surface area contributed by atoms with E-state index in [1.54, 1.807) is 0 Å². The summed E-state index contributed by atoms with van der Waals surface area (Å²) in [5.41, 5.74) is -0.852. The zero-order chi connectivity index (χ0) is 23.2. The molecule has 8 nitrogen and oxygen atoms in total. The average Bonchev–Trinajstić information content (AvgIpc) is 3.19. The van der Waals surface area contributed by atoms with Crippen molar-refractivity contribution in [1.82, 2.24) is 13.9 Å². The third-order valence-corrected chi connectivity index (χ3v) is 6.79. The van der Waals surface area contributed by atoms with E-state index in [9.17, 15) is 26.4 Å². The largest absolute Gasteiger partial charge is 0.450 e. The highest BCUT2D eigenvalue weighted by Crippen LogP contribution is 2.39. The minimum Gasteiger partial charge on any atom is -0.450 e.